The number of nitrogens with zero attached hydrogens (tertiary/aromatic N) is 3. The number of hydrogen-bond donors (Lipinski definition) is 12. The van der Waals surface area contributed by atoms with Gasteiger partial charge in [-0.25, -0.2) is 11.3 Å². The fourth-order valence-corrected chi connectivity index (χ4v) is 7.90. The highest BCUT2D eigenvalue weighted by molar-refractivity contribution is 5.96. The van der Waals surface area contributed by atoms with Crippen molar-refractivity contribution in [2.75, 3.05) is 52.4 Å². The predicted molar refractivity (Wildman–Crippen MR) is 262 cm³/mol. The van der Waals surface area contributed by atoms with E-state index in [1.54, 1.807) is 30.3 Å². The summed E-state index contributed by atoms with van der Waals surface area (Å²) in [6.45, 7) is 9.72. The zero-order valence-corrected chi connectivity index (χ0v) is 41.7. The molecule has 1 aliphatic carbocycles. The lowest BCUT2D eigenvalue weighted by atomic mass is 9.89. The summed E-state index contributed by atoms with van der Waals surface area (Å²) in [5.41, 5.74) is 14.3. The Morgan fingerprint density at radius 2 is 1.43 bits per heavy atom. The summed E-state index contributed by atoms with van der Waals surface area (Å²) in [4.78, 5) is 109. The summed E-state index contributed by atoms with van der Waals surface area (Å²) in [7, 11) is 0. The van der Waals surface area contributed by atoms with Crippen molar-refractivity contribution < 1.29 is 48.7 Å². The lowest BCUT2D eigenvalue weighted by molar-refractivity contribution is -0.136. The Bertz CT molecular complexity index is 1850. The number of primary amides is 1. The van der Waals surface area contributed by atoms with Gasteiger partial charge in [-0.2, -0.15) is 0 Å². The summed E-state index contributed by atoms with van der Waals surface area (Å²) in [6, 6.07) is 4.01. The Hall–Kier alpha value is -5.88. The highest BCUT2D eigenvalue weighted by atomic mass is 16.5. The van der Waals surface area contributed by atoms with Gasteiger partial charge in [-0.05, 0) is 84.9 Å². The highest BCUT2D eigenvalue weighted by Gasteiger charge is 2.33. The van der Waals surface area contributed by atoms with Crippen LogP contribution in [0.15, 0.2) is 42.2 Å². The largest absolute Gasteiger partial charge is 0.399 e. The fourth-order valence-electron chi connectivity index (χ4n) is 7.90. The van der Waals surface area contributed by atoms with Crippen LogP contribution in [0.25, 0.3) is 0 Å². The van der Waals surface area contributed by atoms with Gasteiger partial charge in [0.05, 0.1) is 25.7 Å². The monoisotopic (exact) mass is 988 g/mol. The molecular weight excluding hydrogens is 907 g/mol. The van der Waals surface area contributed by atoms with E-state index in [0.717, 1.165) is 43.5 Å². The minimum atomic E-state index is -1.54. The molecule has 1 aromatic rings. The van der Waals surface area contributed by atoms with Gasteiger partial charge >= 0.3 is 0 Å². The van der Waals surface area contributed by atoms with Crippen molar-refractivity contribution in [2.24, 2.45) is 23.2 Å². The summed E-state index contributed by atoms with van der Waals surface area (Å²) in [5.74, 6) is 0.489. The minimum Gasteiger partial charge on any atom is -0.399 e. The molecule has 15 N–H and O–H groups in total. The number of hydrogen-bond acceptors (Lipinski definition) is 15. The lowest BCUT2D eigenvalue weighted by Gasteiger charge is -2.28. The number of unbranched alkanes of at least 4 members (excludes halogenated alkanes) is 1. The molecule has 0 aromatic heterocycles. The molecule has 0 saturated heterocycles. The number of benzene rings is 1. The van der Waals surface area contributed by atoms with Crippen LogP contribution in [0.3, 0.4) is 0 Å². The van der Waals surface area contributed by atoms with Crippen LogP contribution in [0.4, 0.5) is 0 Å². The molecule has 1 saturated carbocycles. The third-order valence-electron chi connectivity index (χ3n) is 11.9. The highest BCUT2D eigenvalue weighted by Crippen LogP contribution is 2.23. The number of hydrazine groups is 1. The summed E-state index contributed by atoms with van der Waals surface area (Å²) >= 11 is 0. The molecule has 5 atom stereocenters. The van der Waals surface area contributed by atoms with Gasteiger partial charge in [-0.1, -0.05) is 56.5 Å². The van der Waals surface area contributed by atoms with E-state index in [2.05, 4.69) is 50.6 Å². The van der Waals surface area contributed by atoms with Crippen LogP contribution in [-0.4, -0.2) is 161 Å². The number of aliphatic hydroxyl groups is 1. The van der Waals surface area contributed by atoms with Gasteiger partial charge in [0.25, 0.3) is 0 Å². The molecule has 2 rings (SSSR count). The first kappa shape index (κ1) is 60.2. The number of carbonyl (C=O) groups is 8. The molecule has 0 aliphatic heterocycles. The quantitative estimate of drug-likeness (QED) is 0.0213. The zero-order valence-electron chi connectivity index (χ0n) is 41.7. The number of aliphatic hydroxyl groups excluding tert-OH is 1. The Kier molecular flexibility index (Phi) is 28.3. The summed E-state index contributed by atoms with van der Waals surface area (Å²) in [6.07, 6.45) is 5.83. The molecular formula is C47H81N13O10. The van der Waals surface area contributed by atoms with E-state index < -0.39 is 78.2 Å². The van der Waals surface area contributed by atoms with Crippen LogP contribution < -0.4 is 54.7 Å². The SMILES string of the molecule is CCN(CCCC[C@H](NC(=O)C(Cc1ccccc1)NC(=O)[C@H](C)NC(=O)CNC(=O)C1CCCCC1)C(=O)NC(C(=O)NCCC(=O)N(CC(N)=O)C/C(N)=C/N(N)CCCNO)[C@@H](C)O)C(C)C. The van der Waals surface area contributed by atoms with Gasteiger partial charge in [0.15, 0.2) is 0 Å². The van der Waals surface area contributed by atoms with Crippen LogP contribution >= 0.6 is 0 Å². The van der Waals surface area contributed by atoms with E-state index in [-0.39, 0.29) is 69.0 Å². The predicted octanol–water partition coefficient (Wildman–Crippen LogP) is -1.67. The summed E-state index contributed by atoms with van der Waals surface area (Å²) in [5, 5.41) is 36.5. The average molecular weight is 988 g/mol. The minimum absolute atomic E-state index is 0.0106. The van der Waals surface area contributed by atoms with E-state index in [4.69, 9.17) is 22.5 Å². The second-order valence-electron chi connectivity index (χ2n) is 18.1. The summed E-state index contributed by atoms with van der Waals surface area (Å²) < 4.78 is 0. The van der Waals surface area contributed by atoms with Gasteiger partial charge < -0.3 is 68.5 Å². The van der Waals surface area contributed by atoms with Gasteiger partial charge in [0, 0.05) is 56.3 Å². The van der Waals surface area contributed by atoms with Crippen molar-refractivity contribution in [3.63, 3.8) is 0 Å². The normalized spacial score (nSPS) is 15.1. The number of hydroxylamine groups is 1. The third kappa shape index (κ3) is 23.6. The van der Waals surface area contributed by atoms with Crippen molar-refractivity contribution >= 4 is 47.3 Å². The van der Waals surface area contributed by atoms with Crippen LogP contribution in [0, 0.1) is 5.92 Å². The fraction of sp³-hybridized carbons (Fsp3) is 0.660. The molecule has 394 valence electrons. The smallest absolute Gasteiger partial charge is 0.245 e. The van der Waals surface area contributed by atoms with E-state index in [1.807, 2.05) is 12.4 Å². The number of amides is 8. The standard InChI is InChI=1S/C47H81N13O10/c1-6-58(31(2)3)24-14-13-20-37(45(67)57-42(33(5)61)47(69)51-23-21-41(64)59(30-39(49)62)28-36(48)29-60(50)25-15-22-53-70)55-46(68)38(26-34-16-9-7-10-17-34)56-43(65)32(4)54-40(63)27-52-44(66)35-18-11-8-12-19-35/h7,9-10,16-17,29,31-33,35,37-38,42,53,61,70H,6,8,11-15,18-28,30,48,50H2,1-5H3,(H2,49,62)(H,51,69)(H,52,66)(H,54,63)(H,55,68)(H,56,65)(H,57,67)/b36-29-/t32-,33+,37-,38?,42?/m0/s1. The molecule has 0 spiro atoms. The van der Waals surface area contributed by atoms with E-state index in [9.17, 15) is 43.5 Å². The Morgan fingerprint density at radius 3 is 2.04 bits per heavy atom. The number of rotatable bonds is 33. The molecule has 2 unspecified atom stereocenters. The van der Waals surface area contributed by atoms with Crippen molar-refractivity contribution in [1.29, 1.82) is 0 Å². The number of carbonyl (C=O) groups excluding carboxylic acids is 8. The lowest BCUT2D eigenvalue weighted by Crippen LogP contribution is -2.60. The average Bonchev–Trinajstić information content (AvgIpc) is 3.31. The molecule has 70 heavy (non-hydrogen) atoms. The van der Waals surface area contributed by atoms with Crippen LogP contribution in [0.5, 0.6) is 0 Å². The van der Waals surface area contributed by atoms with Gasteiger partial charge in [-0.3, -0.25) is 38.4 Å². The molecule has 23 heteroatoms. The van der Waals surface area contributed by atoms with Crippen LogP contribution in [0.2, 0.25) is 0 Å². The Morgan fingerprint density at radius 1 is 0.771 bits per heavy atom. The van der Waals surface area contributed by atoms with Crippen molar-refractivity contribution in [2.45, 2.75) is 142 Å². The number of nitrogens with two attached hydrogens (primary N) is 3. The first-order chi connectivity index (χ1) is 33.2. The first-order valence-electron chi connectivity index (χ1n) is 24.4. The molecule has 0 heterocycles. The molecule has 1 aromatic carbocycles. The maximum absolute atomic E-state index is 14.2. The van der Waals surface area contributed by atoms with Crippen LogP contribution in [-0.2, 0) is 44.8 Å². The van der Waals surface area contributed by atoms with Crippen molar-refractivity contribution in [3.8, 4) is 0 Å². The molecule has 0 radical (unpaired) electrons. The van der Waals surface area contributed by atoms with Gasteiger partial charge in [0.2, 0.25) is 47.3 Å². The number of nitrogens with one attached hydrogen (secondary N) is 7. The van der Waals surface area contributed by atoms with E-state index in [1.165, 1.54) is 25.1 Å². The van der Waals surface area contributed by atoms with E-state index in [0.29, 0.717) is 37.9 Å². The Labute approximate surface area is 412 Å². The second kappa shape index (κ2) is 32.8. The topological polar surface area (TPSA) is 349 Å². The zero-order chi connectivity index (χ0) is 52.2. The molecule has 0 bridgehead atoms. The van der Waals surface area contributed by atoms with Gasteiger partial charge in [-0.15, -0.1) is 0 Å². The molecule has 8 amide bonds. The maximum atomic E-state index is 14.2. The molecule has 23 nitrogen and oxygen atoms in total. The second-order valence-corrected chi connectivity index (χ2v) is 18.1. The van der Waals surface area contributed by atoms with Crippen molar-refractivity contribution in [1.82, 2.24) is 52.2 Å². The molecule has 1 aliphatic rings. The Balaban J connectivity index is 2.23. The van der Waals surface area contributed by atoms with E-state index >= 15 is 0 Å². The van der Waals surface area contributed by atoms with Crippen molar-refractivity contribution in [3.05, 3.63) is 47.8 Å². The van der Waals surface area contributed by atoms with Gasteiger partial charge in [0.1, 0.15) is 24.2 Å². The maximum Gasteiger partial charge on any atom is 0.245 e. The van der Waals surface area contributed by atoms with Crippen LogP contribution in [0.1, 0.15) is 104 Å². The molecule has 1 fully saturated rings. The third-order valence-corrected chi connectivity index (χ3v) is 11.9. The first-order valence-corrected chi connectivity index (χ1v) is 24.4.